The maximum absolute atomic E-state index is 12.7. The molecule has 0 radical (unpaired) electrons. The molecule has 1 aliphatic heterocycles. The van der Waals surface area contributed by atoms with Gasteiger partial charge >= 0.3 is 0 Å². The van der Waals surface area contributed by atoms with Crippen molar-refractivity contribution in [2.45, 2.75) is 38.1 Å². The molecule has 0 saturated carbocycles. The first-order valence-electron chi connectivity index (χ1n) is 8.00. The minimum absolute atomic E-state index is 0.221. The van der Waals surface area contributed by atoms with Gasteiger partial charge in [0.1, 0.15) is 0 Å². The SMILES string of the molecule is CC(CC(=O)N1CCCC1c1ccncc1)c1ccccc1. The maximum atomic E-state index is 12.7. The van der Waals surface area contributed by atoms with Crippen LogP contribution >= 0.6 is 0 Å². The molecular formula is C19H22N2O. The molecule has 2 atom stereocenters. The van der Waals surface area contributed by atoms with Crippen molar-refractivity contribution in [3.63, 3.8) is 0 Å². The molecule has 114 valence electrons. The van der Waals surface area contributed by atoms with Gasteiger partial charge in [-0.1, -0.05) is 37.3 Å². The summed E-state index contributed by atoms with van der Waals surface area (Å²) >= 11 is 0. The van der Waals surface area contributed by atoms with Crippen molar-refractivity contribution < 1.29 is 4.79 Å². The Bertz CT molecular complexity index is 612. The molecule has 1 amide bonds. The number of likely N-dealkylation sites (tertiary alicyclic amines) is 1. The Balaban J connectivity index is 1.69. The first-order chi connectivity index (χ1) is 10.8. The molecule has 3 heteroatoms. The third-order valence-electron chi connectivity index (χ3n) is 4.51. The molecule has 3 nitrogen and oxygen atoms in total. The molecule has 2 unspecified atom stereocenters. The summed E-state index contributed by atoms with van der Waals surface area (Å²) in [7, 11) is 0. The van der Waals surface area contributed by atoms with Crippen LogP contribution < -0.4 is 0 Å². The third-order valence-corrected chi connectivity index (χ3v) is 4.51. The van der Waals surface area contributed by atoms with Gasteiger partial charge in [-0.15, -0.1) is 0 Å². The number of rotatable bonds is 4. The van der Waals surface area contributed by atoms with Gasteiger partial charge in [0.2, 0.25) is 5.91 Å². The molecule has 0 bridgehead atoms. The summed E-state index contributed by atoms with van der Waals surface area (Å²) < 4.78 is 0. The average molecular weight is 294 g/mol. The molecule has 0 aliphatic carbocycles. The van der Waals surface area contributed by atoms with Crippen molar-refractivity contribution in [1.29, 1.82) is 0 Å². The van der Waals surface area contributed by atoms with E-state index in [4.69, 9.17) is 0 Å². The fraction of sp³-hybridized carbons (Fsp3) is 0.368. The fourth-order valence-corrected chi connectivity index (χ4v) is 3.28. The van der Waals surface area contributed by atoms with Crippen molar-refractivity contribution in [3.05, 3.63) is 66.0 Å². The number of hydrogen-bond acceptors (Lipinski definition) is 2. The molecule has 1 fully saturated rings. The monoisotopic (exact) mass is 294 g/mol. The quantitative estimate of drug-likeness (QED) is 0.855. The van der Waals surface area contributed by atoms with Crippen molar-refractivity contribution in [2.24, 2.45) is 0 Å². The van der Waals surface area contributed by atoms with Crippen LogP contribution in [0.2, 0.25) is 0 Å². The smallest absolute Gasteiger partial charge is 0.223 e. The van der Waals surface area contributed by atoms with Crippen LogP contribution in [0.25, 0.3) is 0 Å². The van der Waals surface area contributed by atoms with Gasteiger partial charge in [0, 0.05) is 25.4 Å². The van der Waals surface area contributed by atoms with E-state index in [-0.39, 0.29) is 17.9 Å². The minimum atomic E-state index is 0.221. The standard InChI is InChI=1S/C19H22N2O/c1-15(16-6-3-2-4-7-16)14-19(22)21-13-5-8-18(21)17-9-11-20-12-10-17/h2-4,6-7,9-12,15,18H,5,8,13-14H2,1H3. The lowest BCUT2D eigenvalue weighted by Crippen LogP contribution is -2.31. The maximum Gasteiger partial charge on any atom is 0.223 e. The number of pyridine rings is 1. The summed E-state index contributed by atoms with van der Waals surface area (Å²) in [6.45, 7) is 3.00. The van der Waals surface area contributed by atoms with E-state index in [0.29, 0.717) is 6.42 Å². The van der Waals surface area contributed by atoms with Crippen molar-refractivity contribution in [1.82, 2.24) is 9.88 Å². The lowest BCUT2D eigenvalue weighted by molar-refractivity contribution is -0.132. The molecule has 3 rings (SSSR count). The summed E-state index contributed by atoms with van der Waals surface area (Å²) in [5.74, 6) is 0.517. The highest BCUT2D eigenvalue weighted by molar-refractivity contribution is 5.78. The van der Waals surface area contributed by atoms with E-state index >= 15 is 0 Å². The van der Waals surface area contributed by atoms with Crippen LogP contribution in [-0.2, 0) is 4.79 Å². The molecule has 1 aromatic carbocycles. The Labute approximate surface area is 132 Å². The van der Waals surface area contributed by atoms with Gasteiger partial charge in [0.25, 0.3) is 0 Å². The second-order valence-electron chi connectivity index (χ2n) is 6.04. The predicted octanol–water partition coefficient (Wildman–Crippen LogP) is 3.94. The van der Waals surface area contributed by atoms with Crippen LogP contribution in [0, 0.1) is 0 Å². The normalized spacial score (nSPS) is 19.1. The lowest BCUT2D eigenvalue weighted by Gasteiger charge is -2.26. The van der Waals surface area contributed by atoms with Gasteiger partial charge < -0.3 is 4.90 Å². The second kappa shape index (κ2) is 6.73. The summed E-state index contributed by atoms with van der Waals surface area (Å²) in [6, 6.07) is 14.5. The van der Waals surface area contributed by atoms with E-state index in [0.717, 1.165) is 19.4 Å². The first kappa shape index (κ1) is 14.8. The van der Waals surface area contributed by atoms with Gasteiger partial charge in [0.15, 0.2) is 0 Å². The van der Waals surface area contributed by atoms with Gasteiger partial charge in [-0.3, -0.25) is 9.78 Å². The fourth-order valence-electron chi connectivity index (χ4n) is 3.28. The van der Waals surface area contributed by atoms with E-state index in [1.165, 1.54) is 11.1 Å². The minimum Gasteiger partial charge on any atom is -0.336 e. The van der Waals surface area contributed by atoms with E-state index in [9.17, 15) is 4.79 Å². The van der Waals surface area contributed by atoms with Crippen LogP contribution in [0.3, 0.4) is 0 Å². The Morgan fingerprint density at radius 1 is 1.23 bits per heavy atom. The Morgan fingerprint density at radius 2 is 1.95 bits per heavy atom. The van der Waals surface area contributed by atoms with Gasteiger partial charge in [-0.2, -0.15) is 0 Å². The number of nitrogens with zero attached hydrogens (tertiary/aromatic N) is 2. The highest BCUT2D eigenvalue weighted by atomic mass is 16.2. The predicted molar refractivity (Wildman–Crippen MR) is 87.4 cm³/mol. The number of amides is 1. The molecule has 1 aliphatic rings. The summed E-state index contributed by atoms with van der Waals surface area (Å²) in [5, 5.41) is 0. The molecule has 1 aromatic heterocycles. The Hall–Kier alpha value is -2.16. The van der Waals surface area contributed by atoms with Crippen molar-refractivity contribution in [2.75, 3.05) is 6.54 Å². The van der Waals surface area contributed by atoms with Crippen LogP contribution in [0.1, 0.15) is 49.3 Å². The first-order valence-corrected chi connectivity index (χ1v) is 8.00. The number of carbonyl (C=O) groups excluding carboxylic acids is 1. The second-order valence-corrected chi connectivity index (χ2v) is 6.04. The van der Waals surface area contributed by atoms with Gasteiger partial charge in [-0.25, -0.2) is 0 Å². The van der Waals surface area contributed by atoms with E-state index in [2.05, 4.69) is 28.9 Å². The van der Waals surface area contributed by atoms with E-state index < -0.39 is 0 Å². The largest absolute Gasteiger partial charge is 0.336 e. The number of benzene rings is 1. The summed E-state index contributed by atoms with van der Waals surface area (Å²) in [4.78, 5) is 18.8. The average Bonchev–Trinajstić information content (AvgIpc) is 3.06. The third kappa shape index (κ3) is 3.19. The zero-order valence-corrected chi connectivity index (χ0v) is 13.0. The van der Waals surface area contributed by atoms with Crippen molar-refractivity contribution >= 4 is 5.91 Å². The molecule has 2 heterocycles. The highest BCUT2D eigenvalue weighted by Crippen LogP contribution is 2.33. The zero-order chi connectivity index (χ0) is 15.4. The molecule has 2 aromatic rings. The molecule has 0 N–H and O–H groups in total. The van der Waals surface area contributed by atoms with Crippen LogP contribution in [0.4, 0.5) is 0 Å². The number of aromatic nitrogens is 1. The van der Waals surface area contributed by atoms with E-state index in [1.54, 1.807) is 0 Å². The van der Waals surface area contributed by atoms with Crippen LogP contribution in [0.15, 0.2) is 54.9 Å². The van der Waals surface area contributed by atoms with Crippen LogP contribution in [0.5, 0.6) is 0 Å². The number of carbonyl (C=O) groups is 1. The zero-order valence-electron chi connectivity index (χ0n) is 13.0. The lowest BCUT2D eigenvalue weighted by atomic mass is 9.97. The van der Waals surface area contributed by atoms with Crippen LogP contribution in [-0.4, -0.2) is 22.3 Å². The van der Waals surface area contributed by atoms with Gasteiger partial charge in [-0.05, 0) is 42.0 Å². The molecular weight excluding hydrogens is 272 g/mol. The Morgan fingerprint density at radius 3 is 2.68 bits per heavy atom. The molecule has 0 spiro atoms. The highest BCUT2D eigenvalue weighted by Gasteiger charge is 2.30. The summed E-state index contributed by atoms with van der Waals surface area (Å²) in [5.41, 5.74) is 2.43. The number of hydrogen-bond donors (Lipinski definition) is 0. The van der Waals surface area contributed by atoms with E-state index in [1.807, 2.05) is 42.7 Å². The topological polar surface area (TPSA) is 33.2 Å². The van der Waals surface area contributed by atoms with Gasteiger partial charge in [0.05, 0.1) is 6.04 Å². The summed E-state index contributed by atoms with van der Waals surface area (Å²) in [6.07, 6.45) is 6.32. The molecule has 22 heavy (non-hydrogen) atoms. The molecule has 1 saturated heterocycles. The Kier molecular flexibility index (Phi) is 4.52. The van der Waals surface area contributed by atoms with Crippen molar-refractivity contribution in [3.8, 4) is 0 Å².